The zero-order chi connectivity index (χ0) is 11.1. The number of methoxy groups -OCH3 is 1. The summed E-state index contributed by atoms with van der Waals surface area (Å²) in [6, 6.07) is 4.09. The number of nitrogen functional groups attached to an aromatic ring is 1. The smallest absolute Gasteiger partial charge is 0.339 e. The summed E-state index contributed by atoms with van der Waals surface area (Å²) in [7, 11) is 1.27. The minimum atomic E-state index is -0.507. The summed E-state index contributed by atoms with van der Waals surface area (Å²) >= 11 is 0. The molecule has 0 radical (unpaired) electrons. The van der Waals surface area contributed by atoms with Crippen LogP contribution in [0.2, 0.25) is 0 Å². The van der Waals surface area contributed by atoms with Crippen LogP contribution < -0.4 is 5.73 Å². The maximum atomic E-state index is 11.0. The zero-order valence-electron chi connectivity index (χ0n) is 8.57. The van der Waals surface area contributed by atoms with Gasteiger partial charge in [-0.1, -0.05) is 13.8 Å². The van der Waals surface area contributed by atoms with E-state index in [-0.39, 0.29) is 17.0 Å². The average Bonchev–Trinajstić information content (AvgIpc) is 2.20. The number of anilines is 1. The van der Waals surface area contributed by atoms with Gasteiger partial charge in [0.1, 0.15) is 5.75 Å². The Kier molecular flexibility index (Phi) is 5.14. The van der Waals surface area contributed by atoms with E-state index >= 15 is 0 Å². The quantitative estimate of drug-likeness (QED) is 0.531. The molecule has 0 aliphatic rings. The molecule has 0 aliphatic heterocycles. The third kappa shape index (κ3) is 2.97. The molecule has 0 aliphatic carbocycles. The third-order valence-corrected chi connectivity index (χ3v) is 1.44. The minimum absolute atomic E-state index is 0.0279. The van der Waals surface area contributed by atoms with Crippen molar-refractivity contribution in [1.82, 2.24) is 0 Å². The lowest BCUT2D eigenvalue weighted by Gasteiger charge is -2.02. The molecule has 0 saturated carbocycles. The molecule has 4 heteroatoms. The van der Waals surface area contributed by atoms with Gasteiger partial charge in [-0.05, 0) is 12.1 Å². The normalized spacial score (nSPS) is 8.50. The van der Waals surface area contributed by atoms with Crippen molar-refractivity contribution in [2.75, 3.05) is 12.8 Å². The zero-order valence-corrected chi connectivity index (χ0v) is 8.57. The fourth-order valence-corrected chi connectivity index (χ4v) is 0.846. The standard InChI is InChI=1S/C8H9NO3.C2H6/c1-12-8(11)6-3-2-5(10)4-7(6)9;1-2/h2-4,10H,9H2,1H3;1-2H3. The van der Waals surface area contributed by atoms with Crippen molar-refractivity contribution in [2.24, 2.45) is 0 Å². The maximum absolute atomic E-state index is 11.0. The van der Waals surface area contributed by atoms with Crippen molar-refractivity contribution in [3.63, 3.8) is 0 Å². The molecule has 0 spiro atoms. The Morgan fingerprint density at radius 3 is 2.43 bits per heavy atom. The highest BCUT2D eigenvalue weighted by atomic mass is 16.5. The van der Waals surface area contributed by atoms with Gasteiger partial charge in [0.25, 0.3) is 0 Å². The fraction of sp³-hybridized carbons (Fsp3) is 0.300. The Hall–Kier alpha value is -1.71. The van der Waals surface area contributed by atoms with Crippen LogP contribution in [0.4, 0.5) is 5.69 Å². The molecule has 0 bridgehead atoms. The number of rotatable bonds is 1. The van der Waals surface area contributed by atoms with Gasteiger partial charge in [-0.15, -0.1) is 0 Å². The number of nitrogens with two attached hydrogens (primary N) is 1. The maximum Gasteiger partial charge on any atom is 0.339 e. The van der Waals surface area contributed by atoms with Gasteiger partial charge in [0, 0.05) is 11.8 Å². The summed E-state index contributed by atoms with van der Waals surface area (Å²) in [5, 5.41) is 8.96. The van der Waals surface area contributed by atoms with E-state index in [1.54, 1.807) is 0 Å². The first-order valence-electron chi connectivity index (χ1n) is 4.32. The Labute approximate surface area is 83.3 Å². The van der Waals surface area contributed by atoms with Gasteiger partial charge in [0.05, 0.1) is 12.7 Å². The monoisotopic (exact) mass is 197 g/mol. The number of aromatic hydroxyl groups is 1. The van der Waals surface area contributed by atoms with E-state index in [1.807, 2.05) is 13.8 Å². The molecule has 0 atom stereocenters. The van der Waals surface area contributed by atoms with Gasteiger partial charge in [0.2, 0.25) is 0 Å². The van der Waals surface area contributed by atoms with E-state index < -0.39 is 5.97 Å². The van der Waals surface area contributed by atoms with E-state index in [0.29, 0.717) is 0 Å². The van der Waals surface area contributed by atoms with Gasteiger partial charge in [-0.2, -0.15) is 0 Å². The van der Waals surface area contributed by atoms with Crippen LogP contribution in [0.3, 0.4) is 0 Å². The summed E-state index contributed by atoms with van der Waals surface area (Å²) in [5.74, 6) is -0.479. The highest BCUT2D eigenvalue weighted by Gasteiger charge is 2.08. The molecule has 1 aromatic rings. The van der Waals surface area contributed by atoms with Crippen LogP contribution in [0.25, 0.3) is 0 Å². The fourth-order valence-electron chi connectivity index (χ4n) is 0.846. The van der Waals surface area contributed by atoms with Gasteiger partial charge < -0.3 is 15.6 Å². The number of phenols is 1. The molecule has 0 heterocycles. The number of ether oxygens (including phenoxy) is 1. The Balaban J connectivity index is 0.000000791. The first kappa shape index (κ1) is 12.3. The molecule has 0 unspecified atom stereocenters. The summed E-state index contributed by atoms with van der Waals surface area (Å²) in [4.78, 5) is 11.0. The van der Waals surface area contributed by atoms with Crippen LogP contribution in [0, 0.1) is 0 Å². The van der Waals surface area contributed by atoms with Gasteiger partial charge in [-0.25, -0.2) is 4.79 Å². The minimum Gasteiger partial charge on any atom is -0.508 e. The van der Waals surface area contributed by atoms with Crippen molar-refractivity contribution >= 4 is 11.7 Å². The predicted octanol–water partition coefficient (Wildman–Crippen LogP) is 1.79. The number of hydrogen-bond donors (Lipinski definition) is 2. The van der Waals surface area contributed by atoms with Crippen LogP contribution in [0.15, 0.2) is 18.2 Å². The molecular formula is C10H15NO3. The van der Waals surface area contributed by atoms with Crippen LogP contribution in [0.1, 0.15) is 24.2 Å². The van der Waals surface area contributed by atoms with Gasteiger partial charge in [-0.3, -0.25) is 0 Å². The molecule has 14 heavy (non-hydrogen) atoms. The lowest BCUT2D eigenvalue weighted by atomic mass is 10.2. The lowest BCUT2D eigenvalue weighted by molar-refractivity contribution is 0.0602. The number of carbonyl (C=O) groups excluding carboxylic acids is 1. The first-order valence-corrected chi connectivity index (χ1v) is 4.32. The Morgan fingerprint density at radius 1 is 1.43 bits per heavy atom. The summed E-state index contributed by atoms with van der Waals surface area (Å²) in [5.41, 5.74) is 5.91. The average molecular weight is 197 g/mol. The molecule has 0 amide bonds. The predicted molar refractivity (Wildman–Crippen MR) is 55.2 cm³/mol. The van der Waals surface area contributed by atoms with Crippen LogP contribution in [0.5, 0.6) is 5.75 Å². The van der Waals surface area contributed by atoms with Gasteiger partial charge >= 0.3 is 5.97 Å². The van der Waals surface area contributed by atoms with E-state index in [1.165, 1.54) is 25.3 Å². The number of esters is 1. The van der Waals surface area contributed by atoms with Crippen molar-refractivity contribution < 1.29 is 14.6 Å². The van der Waals surface area contributed by atoms with Crippen molar-refractivity contribution in [3.8, 4) is 5.75 Å². The van der Waals surface area contributed by atoms with Crippen LogP contribution in [-0.4, -0.2) is 18.2 Å². The van der Waals surface area contributed by atoms with Crippen molar-refractivity contribution in [2.45, 2.75) is 13.8 Å². The number of phenolic OH excluding ortho intramolecular Hbond substituents is 1. The molecule has 1 aromatic carbocycles. The third-order valence-electron chi connectivity index (χ3n) is 1.44. The van der Waals surface area contributed by atoms with Crippen LogP contribution >= 0.6 is 0 Å². The first-order chi connectivity index (χ1) is 6.65. The Bertz CT molecular complexity index is 310. The summed E-state index contributed by atoms with van der Waals surface area (Å²) in [6.45, 7) is 4.00. The van der Waals surface area contributed by atoms with E-state index in [9.17, 15) is 4.79 Å². The number of carbonyl (C=O) groups is 1. The molecule has 0 saturated heterocycles. The van der Waals surface area contributed by atoms with E-state index in [0.717, 1.165) is 0 Å². The molecular weight excluding hydrogens is 182 g/mol. The molecule has 0 fully saturated rings. The second kappa shape index (κ2) is 5.85. The molecule has 1 rings (SSSR count). The molecule has 0 aromatic heterocycles. The summed E-state index contributed by atoms with van der Waals surface area (Å²) in [6.07, 6.45) is 0. The highest BCUT2D eigenvalue weighted by molar-refractivity contribution is 5.95. The Morgan fingerprint density at radius 2 is 2.00 bits per heavy atom. The van der Waals surface area contributed by atoms with E-state index in [4.69, 9.17) is 10.8 Å². The highest BCUT2D eigenvalue weighted by Crippen LogP contribution is 2.18. The topological polar surface area (TPSA) is 72.5 Å². The second-order valence-corrected chi connectivity index (χ2v) is 2.26. The summed E-state index contributed by atoms with van der Waals surface area (Å²) < 4.78 is 4.46. The van der Waals surface area contributed by atoms with Crippen molar-refractivity contribution in [3.05, 3.63) is 23.8 Å². The van der Waals surface area contributed by atoms with Crippen molar-refractivity contribution in [1.29, 1.82) is 0 Å². The molecule has 4 nitrogen and oxygen atoms in total. The number of benzene rings is 1. The SMILES string of the molecule is CC.COC(=O)c1ccc(O)cc1N. The number of hydrogen-bond acceptors (Lipinski definition) is 4. The largest absolute Gasteiger partial charge is 0.508 e. The van der Waals surface area contributed by atoms with Gasteiger partial charge in [0.15, 0.2) is 0 Å². The molecule has 3 N–H and O–H groups in total. The second-order valence-electron chi connectivity index (χ2n) is 2.26. The van der Waals surface area contributed by atoms with E-state index in [2.05, 4.69) is 4.74 Å². The molecule has 78 valence electrons. The van der Waals surface area contributed by atoms with Crippen LogP contribution in [-0.2, 0) is 4.74 Å². The lowest BCUT2D eigenvalue weighted by Crippen LogP contribution is -2.04.